The number of alkyl halides is 1. The molecule has 5 heteroatoms. The summed E-state index contributed by atoms with van der Waals surface area (Å²) in [6.45, 7) is 4.00. The van der Waals surface area contributed by atoms with E-state index in [1.54, 1.807) is 6.07 Å². The molecule has 4 nitrogen and oxygen atoms in total. The van der Waals surface area contributed by atoms with Crippen LogP contribution >= 0.6 is 11.6 Å². The highest BCUT2D eigenvalue weighted by Crippen LogP contribution is 2.29. The molecule has 0 aliphatic carbocycles. The van der Waals surface area contributed by atoms with Gasteiger partial charge in [-0.05, 0) is 55.7 Å². The molecule has 0 spiro atoms. The van der Waals surface area contributed by atoms with Gasteiger partial charge in [0.2, 0.25) is 5.91 Å². The second kappa shape index (κ2) is 7.11. The Kier molecular flexibility index (Phi) is 4.91. The van der Waals surface area contributed by atoms with Gasteiger partial charge in [-0.3, -0.25) is 4.79 Å². The van der Waals surface area contributed by atoms with Crippen LogP contribution in [0.15, 0.2) is 48.5 Å². The number of carbonyl (C=O) groups excluding carboxylic acids is 1. The van der Waals surface area contributed by atoms with Gasteiger partial charge in [-0.15, -0.1) is 11.6 Å². The third-order valence-electron chi connectivity index (χ3n) is 4.29. The summed E-state index contributed by atoms with van der Waals surface area (Å²) in [6.07, 6.45) is 0.851. The maximum absolute atomic E-state index is 11.5. The molecule has 0 saturated heterocycles. The van der Waals surface area contributed by atoms with Crippen LogP contribution in [0.25, 0.3) is 16.8 Å². The second-order valence-corrected chi connectivity index (χ2v) is 6.39. The molecular weight excluding hydrogens is 334 g/mol. The quantitative estimate of drug-likeness (QED) is 0.704. The van der Waals surface area contributed by atoms with Gasteiger partial charge in [-0.25, -0.2) is 4.68 Å². The number of hydrogen-bond donors (Lipinski definition) is 1. The molecule has 0 fully saturated rings. The lowest BCUT2D eigenvalue weighted by Crippen LogP contribution is -2.10. The summed E-state index contributed by atoms with van der Waals surface area (Å²) in [5, 5.41) is 4.68. The van der Waals surface area contributed by atoms with Crippen LogP contribution in [0.3, 0.4) is 0 Å². The third kappa shape index (κ3) is 3.44. The van der Waals surface area contributed by atoms with Crippen molar-refractivity contribution in [2.75, 3.05) is 5.88 Å². The van der Waals surface area contributed by atoms with Crippen molar-refractivity contribution in [2.24, 2.45) is 5.73 Å². The highest BCUT2D eigenvalue weighted by molar-refractivity contribution is 6.17. The minimum absolute atomic E-state index is 0.431. The molecule has 0 saturated carbocycles. The Labute approximate surface area is 152 Å². The van der Waals surface area contributed by atoms with E-state index in [4.69, 9.17) is 17.3 Å². The number of carbonyl (C=O) groups is 1. The Morgan fingerprint density at radius 2 is 1.88 bits per heavy atom. The lowest BCUT2D eigenvalue weighted by Gasteiger charge is -2.07. The highest BCUT2D eigenvalue weighted by atomic mass is 35.5. The number of aromatic nitrogens is 2. The molecule has 0 radical (unpaired) electrons. The summed E-state index contributed by atoms with van der Waals surface area (Å²) < 4.78 is 1.92. The van der Waals surface area contributed by atoms with E-state index >= 15 is 0 Å². The van der Waals surface area contributed by atoms with Crippen LogP contribution in [0.4, 0.5) is 0 Å². The van der Waals surface area contributed by atoms with Crippen molar-refractivity contribution in [3.05, 3.63) is 71.0 Å². The number of rotatable bonds is 5. The van der Waals surface area contributed by atoms with Gasteiger partial charge in [-0.1, -0.05) is 24.3 Å². The number of aryl methyl sites for hydroxylation is 2. The van der Waals surface area contributed by atoms with Crippen LogP contribution in [0, 0.1) is 13.8 Å². The van der Waals surface area contributed by atoms with Gasteiger partial charge in [0, 0.05) is 22.7 Å². The summed E-state index contributed by atoms with van der Waals surface area (Å²) >= 11 is 5.79. The number of halogens is 1. The zero-order chi connectivity index (χ0) is 18.0. The van der Waals surface area contributed by atoms with Crippen LogP contribution in [-0.4, -0.2) is 21.6 Å². The van der Waals surface area contributed by atoms with Crippen LogP contribution in [0.2, 0.25) is 0 Å². The first kappa shape index (κ1) is 17.2. The molecule has 1 amide bonds. The van der Waals surface area contributed by atoms with Gasteiger partial charge in [0.15, 0.2) is 0 Å². The first-order valence-electron chi connectivity index (χ1n) is 8.13. The molecule has 3 aromatic rings. The Bertz CT molecular complexity index is 913. The van der Waals surface area contributed by atoms with E-state index in [9.17, 15) is 4.79 Å². The summed E-state index contributed by atoms with van der Waals surface area (Å²) in [5.74, 6) is 0.180. The maximum Gasteiger partial charge on any atom is 0.248 e. The van der Waals surface area contributed by atoms with Gasteiger partial charge in [0.1, 0.15) is 0 Å². The van der Waals surface area contributed by atoms with Crippen LogP contribution in [0.1, 0.15) is 27.3 Å². The second-order valence-electron chi connectivity index (χ2n) is 6.01. The van der Waals surface area contributed by atoms with E-state index in [0.29, 0.717) is 11.4 Å². The zero-order valence-electron chi connectivity index (χ0n) is 14.3. The Hall–Kier alpha value is -2.59. The van der Waals surface area contributed by atoms with E-state index < -0.39 is 5.91 Å². The average Bonchev–Trinajstić information content (AvgIpc) is 2.90. The summed E-state index contributed by atoms with van der Waals surface area (Å²) in [4.78, 5) is 11.5. The number of nitrogens with zero attached hydrogens (tertiary/aromatic N) is 2. The molecule has 1 aromatic heterocycles. The van der Waals surface area contributed by atoms with E-state index in [-0.39, 0.29) is 0 Å². The van der Waals surface area contributed by atoms with Crippen LogP contribution in [-0.2, 0) is 6.42 Å². The average molecular weight is 354 g/mol. The van der Waals surface area contributed by atoms with Crippen molar-refractivity contribution in [3.63, 3.8) is 0 Å². The summed E-state index contributed by atoms with van der Waals surface area (Å²) in [6, 6.07) is 15.6. The molecule has 2 N–H and O–H groups in total. The van der Waals surface area contributed by atoms with Crippen molar-refractivity contribution >= 4 is 17.5 Å². The lowest BCUT2D eigenvalue weighted by molar-refractivity contribution is 0.100. The van der Waals surface area contributed by atoms with Crippen molar-refractivity contribution in [3.8, 4) is 16.8 Å². The first-order chi connectivity index (χ1) is 12.0. The van der Waals surface area contributed by atoms with Crippen molar-refractivity contribution in [1.29, 1.82) is 0 Å². The molecule has 0 aliphatic rings. The lowest BCUT2D eigenvalue weighted by atomic mass is 10.0. The topological polar surface area (TPSA) is 60.9 Å². The minimum atomic E-state index is -0.431. The maximum atomic E-state index is 11.5. The number of benzene rings is 2. The van der Waals surface area contributed by atoms with Gasteiger partial charge in [0.05, 0.1) is 11.4 Å². The minimum Gasteiger partial charge on any atom is -0.366 e. The standard InChI is InChI=1S/C20H20ClN3O/c1-13-19(16-4-3-5-17(12-16)20(22)25)14(2)24(23-13)18-8-6-15(7-9-18)10-11-21/h3-9,12H,10-11H2,1-2H3,(H2,22,25). The van der Waals surface area contributed by atoms with Crippen LogP contribution in [0.5, 0.6) is 0 Å². The molecule has 0 unspecified atom stereocenters. The normalized spacial score (nSPS) is 10.8. The fourth-order valence-electron chi connectivity index (χ4n) is 3.05. The molecule has 3 rings (SSSR count). The van der Waals surface area contributed by atoms with Gasteiger partial charge < -0.3 is 5.73 Å². The predicted molar refractivity (Wildman–Crippen MR) is 101 cm³/mol. The smallest absolute Gasteiger partial charge is 0.248 e. The number of primary amides is 1. The van der Waals surface area contributed by atoms with E-state index in [1.165, 1.54) is 5.56 Å². The molecule has 0 aliphatic heterocycles. The fraction of sp³-hybridized carbons (Fsp3) is 0.200. The molecule has 128 valence electrons. The van der Waals surface area contributed by atoms with Crippen molar-refractivity contribution in [1.82, 2.24) is 9.78 Å². The molecular formula is C20H20ClN3O. The summed E-state index contributed by atoms with van der Waals surface area (Å²) in [5.41, 5.74) is 12.0. The third-order valence-corrected chi connectivity index (χ3v) is 4.48. The molecule has 0 bridgehead atoms. The van der Waals surface area contributed by atoms with Crippen molar-refractivity contribution in [2.45, 2.75) is 20.3 Å². The largest absolute Gasteiger partial charge is 0.366 e. The molecule has 1 heterocycles. The highest BCUT2D eigenvalue weighted by Gasteiger charge is 2.15. The number of hydrogen-bond acceptors (Lipinski definition) is 2. The summed E-state index contributed by atoms with van der Waals surface area (Å²) in [7, 11) is 0. The monoisotopic (exact) mass is 353 g/mol. The van der Waals surface area contributed by atoms with Gasteiger partial charge in [0.25, 0.3) is 0 Å². The zero-order valence-corrected chi connectivity index (χ0v) is 15.0. The van der Waals surface area contributed by atoms with E-state index in [2.05, 4.69) is 17.2 Å². The number of nitrogens with two attached hydrogens (primary N) is 1. The number of amides is 1. The Morgan fingerprint density at radius 1 is 1.16 bits per heavy atom. The van der Waals surface area contributed by atoms with E-state index in [1.807, 2.05) is 48.9 Å². The molecule has 25 heavy (non-hydrogen) atoms. The Morgan fingerprint density at radius 3 is 2.52 bits per heavy atom. The van der Waals surface area contributed by atoms with E-state index in [0.717, 1.165) is 34.6 Å². The van der Waals surface area contributed by atoms with Crippen LogP contribution < -0.4 is 5.73 Å². The fourth-order valence-corrected chi connectivity index (χ4v) is 3.27. The molecule has 0 atom stereocenters. The molecule has 2 aromatic carbocycles. The Balaban J connectivity index is 2.04. The van der Waals surface area contributed by atoms with Crippen molar-refractivity contribution < 1.29 is 4.79 Å². The SMILES string of the molecule is Cc1nn(-c2ccc(CCCl)cc2)c(C)c1-c1cccc(C(N)=O)c1. The predicted octanol–water partition coefficient (Wildman–Crippen LogP) is 4.04. The first-order valence-corrected chi connectivity index (χ1v) is 8.66. The van der Waals surface area contributed by atoms with Gasteiger partial charge in [-0.2, -0.15) is 5.10 Å². The van der Waals surface area contributed by atoms with Gasteiger partial charge >= 0.3 is 0 Å².